The molecule has 2 heterocycles. The molecule has 0 aliphatic carbocycles. The third-order valence-electron chi connectivity index (χ3n) is 5.00. The number of hydrogen-bond donors (Lipinski definition) is 0. The number of aromatic nitrogens is 1. The van der Waals surface area contributed by atoms with Gasteiger partial charge < -0.3 is 4.90 Å². The van der Waals surface area contributed by atoms with E-state index in [0.717, 1.165) is 31.4 Å². The number of hydrogen-bond acceptors (Lipinski definition) is 3. The zero-order valence-corrected chi connectivity index (χ0v) is 16.7. The number of likely N-dealkylation sites (tertiary alicyclic amines) is 1. The second-order valence-electron chi connectivity index (χ2n) is 7.17. The van der Waals surface area contributed by atoms with E-state index >= 15 is 0 Å². The van der Waals surface area contributed by atoms with Crippen molar-refractivity contribution in [3.63, 3.8) is 0 Å². The van der Waals surface area contributed by atoms with Crippen LogP contribution in [0, 0.1) is 0 Å². The number of piperidine rings is 1. The van der Waals surface area contributed by atoms with Crippen LogP contribution >= 0.6 is 11.8 Å². The standard InChI is InChI=1S/C21H23F3N2OS/c1-14-6-3-7-15(2)26(14)20(27)19-11-5-9-17(25-19)13-28-18-10-4-8-16(12-18)21(22,23)24/h4-5,8-12,14-15H,3,6-7,13H2,1-2H3. The summed E-state index contributed by atoms with van der Waals surface area (Å²) in [6.07, 6.45) is -1.27. The number of thioether (sulfide) groups is 1. The molecule has 2 aromatic rings. The molecule has 0 N–H and O–H groups in total. The average molecular weight is 408 g/mol. The fourth-order valence-electron chi connectivity index (χ4n) is 3.55. The molecule has 1 aromatic carbocycles. The summed E-state index contributed by atoms with van der Waals surface area (Å²) in [4.78, 5) is 19.8. The minimum Gasteiger partial charge on any atom is -0.332 e. The maximum Gasteiger partial charge on any atom is 0.416 e. The number of carbonyl (C=O) groups excluding carboxylic acids is 1. The summed E-state index contributed by atoms with van der Waals surface area (Å²) in [7, 11) is 0. The predicted molar refractivity (Wildman–Crippen MR) is 104 cm³/mol. The Bertz CT molecular complexity index is 830. The molecule has 3 rings (SSSR count). The molecule has 1 aliphatic heterocycles. The van der Waals surface area contributed by atoms with Gasteiger partial charge in [-0.25, -0.2) is 4.98 Å². The van der Waals surface area contributed by atoms with E-state index in [-0.39, 0.29) is 18.0 Å². The van der Waals surface area contributed by atoms with Crippen LogP contribution in [0.25, 0.3) is 0 Å². The Balaban J connectivity index is 1.71. The maximum atomic E-state index is 12.9. The Morgan fingerprint density at radius 3 is 2.50 bits per heavy atom. The SMILES string of the molecule is CC1CCCC(C)N1C(=O)c1cccc(CSc2cccc(C(F)(F)F)c2)n1. The van der Waals surface area contributed by atoms with E-state index < -0.39 is 11.7 Å². The van der Waals surface area contributed by atoms with Crippen molar-refractivity contribution in [1.29, 1.82) is 0 Å². The predicted octanol–water partition coefficient (Wildman–Crippen LogP) is 5.80. The highest BCUT2D eigenvalue weighted by molar-refractivity contribution is 7.98. The lowest BCUT2D eigenvalue weighted by Gasteiger charge is -2.38. The van der Waals surface area contributed by atoms with E-state index in [4.69, 9.17) is 0 Å². The van der Waals surface area contributed by atoms with Crippen molar-refractivity contribution in [2.24, 2.45) is 0 Å². The van der Waals surface area contributed by atoms with Gasteiger partial charge in [0.05, 0.1) is 11.3 Å². The first-order chi connectivity index (χ1) is 13.3. The molecule has 1 aliphatic rings. The third-order valence-corrected chi connectivity index (χ3v) is 6.03. The molecule has 2 unspecified atom stereocenters. The molecule has 1 saturated heterocycles. The fraction of sp³-hybridized carbons (Fsp3) is 0.429. The van der Waals surface area contributed by atoms with Gasteiger partial charge >= 0.3 is 6.18 Å². The molecule has 7 heteroatoms. The Labute approximate surface area is 167 Å². The topological polar surface area (TPSA) is 33.2 Å². The van der Waals surface area contributed by atoms with Gasteiger partial charge in [0.25, 0.3) is 5.91 Å². The molecule has 2 atom stereocenters. The first-order valence-corrected chi connectivity index (χ1v) is 10.3. The van der Waals surface area contributed by atoms with Crippen molar-refractivity contribution in [3.05, 3.63) is 59.4 Å². The summed E-state index contributed by atoms with van der Waals surface area (Å²) in [6.45, 7) is 4.11. The summed E-state index contributed by atoms with van der Waals surface area (Å²) in [5.41, 5.74) is 0.399. The normalized spacial score (nSPS) is 20.2. The molecule has 0 spiro atoms. The number of alkyl halides is 3. The van der Waals surface area contributed by atoms with Crippen molar-refractivity contribution in [1.82, 2.24) is 9.88 Å². The van der Waals surface area contributed by atoms with Crippen LogP contribution in [-0.2, 0) is 11.9 Å². The van der Waals surface area contributed by atoms with E-state index in [9.17, 15) is 18.0 Å². The lowest BCUT2D eigenvalue weighted by Crippen LogP contribution is -2.47. The van der Waals surface area contributed by atoms with Crippen LogP contribution in [0.15, 0.2) is 47.4 Å². The van der Waals surface area contributed by atoms with Crippen LogP contribution in [0.3, 0.4) is 0 Å². The molecule has 0 radical (unpaired) electrons. The van der Waals surface area contributed by atoms with Gasteiger partial charge in [-0.1, -0.05) is 12.1 Å². The average Bonchev–Trinajstić information content (AvgIpc) is 2.66. The van der Waals surface area contributed by atoms with Crippen LogP contribution in [0.2, 0.25) is 0 Å². The Hall–Kier alpha value is -2.02. The van der Waals surface area contributed by atoms with Gasteiger partial charge in [0, 0.05) is 22.7 Å². The molecule has 1 fully saturated rings. The van der Waals surface area contributed by atoms with Crippen LogP contribution in [0.1, 0.15) is 54.9 Å². The van der Waals surface area contributed by atoms with Gasteiger partial charge in [0.2, 0.25) is 0 Å². The third kappa shape index (κ3) is 4.87. The van der Waals surface area contributed by atoms with Gasteiger partial charge in [-0.05, 0) is 63.4 Å². The quantitative estimate of drug-likeness (QED) is 0.600. The van der Waals surface area contributed by atoms with Crippen LogP contribution < -0.4 is 0 Å². The Morgan fingerprint density at radius 2 is 1.82 bits per heavy atom. The van der Waals surface area contributed by atoms with Crippen molar-refractivity contribution in [2.75, 3.05) is 0 Å². The number of carbonyl (C=O) groups is 1. The van der Waals surface area contributed by atoms with E-state index in [1.807, 2.05) is 4.90 Å². The largest absolute Gasteiger partial charge is 0.416 e. The smallest absolute Gasteiger partial charge is 0.332 e. The number of amides is 1. The highest BCUT2D eigenvalue weighted by Gasteiger charge is 2.31. The molecule has 1 amide bonds. The Kier molecular flexibility index (Phi) is 6.33. The number of nitrogens with zero attached hydrogens (tertiary/aromatic N) is 2. The first-order valence-electron chi connectivity index (χ1n) is 9.34. The molecule has 28 heavy (non-hydrogen) atoms. The molecular weight excluding hydrogens is 385 g/mol. The van der Waals surface area contributed by atoms with Crippen molar-refractivity contribution < 1.29 is 18.0 Å². The second-order valence-corrected chi connectivity index (χ2v) is 8.22. The summed E-state index contributed by atoms with van der Waals surface area (Å²) in [6, 6.07) is 10.9. The molecule has 0 saturated carbocycles. The van der Waals surface area contributed by atoms with Crippen LogP contribution in [0.5, 0.6) is 0 Å². The van der Waals surface area contributed by atoms with E-state index in [1.165, 1.54) is 17.8 Å². The minimum absolute atomic E-state index is 0.0781. The highest BCUT2D eigenvalue weighted by atomic mass is 32.2. The molecule has 3 nitrogen and oxygen atoms in total. The number of rotatable bonds is 4. The van der Waals surface area contributed by atoms with Crippen LogP contribution in [0.4, 0.5) is 13.2 Å². The van der Waals surface area contributed by atoms with Gasteiger partial charge in [-0.2, -0.15) is 13.2 Å². The second kappa shape index (κ2) is 8.55. The van der Waals surface area contributed by atoms with Gasteiger partial charge in [-0.3, -0.25) is 4.79 Å². The van der Waals surface area contributed by atoms with Crippen molar-refractivity contribution >= 4 is 17.7 Å². The summed E-state index contributed by atoms with van der Waals surface area (Å²) < 4.78 is 38.5. The van der Waals surface area contributed by atoms with Crippen LogP contribution in [-0.4, -0.2) is 27.9 Å². The molecular formula is C21H23F3N2OS. The zero-order chi connectivity index (χ0) is 20.3. The number of pyridine rings is 1. The minimum atomic E-state index is -4.36. The van der Waals surface area contributed by atoms with E-state index in [1.54, 1.807) is 24.3 Å². The summed E-state index contributed by atoms with van der Waals surface area (Å²) in [5, 5.41) is 0. The maximum absolute atomic E-state index is 12.9. The van der Waals surface area contributed by atoms with Gasteiger partial charge in [-0.15, -0.1) is 11.8 Å². The molecule has 150 valence electrons. The zero-order valence-electron chi connectivity index (χ0n) is 15.9. The Morgan fingerprint density at radius 1 is 1.14 bits per heavy atom. The van der Waals surface area contributed by atoms with Crippen molar-refractivity contribution in [2.45, 2.75) is 62.0 Å². The summed E-state index contributed by atoms with van der Waals surface area (Å²) in [5.74, 6) is 0.318. The highest BCUT2D eigenvalue weighted by Crippen LogP contribution is 2.32. The first kappa shape index (κ1) is 20.7. The van der Waals surface area contributed by atoms with Gasteiger partial charge in [0.1, 0.15) is 5.69 Å². The molecule has 1 aromatic heterocycles. The lowest BCUT2D eigenvalue weighted by molar-refractivity contribution is -0.137. The van der Waals surface area contributed by atoms with E-state index in [2.05, 4.69) is 18.8 Å². The number of halogens is 3. The number of benzene rings is 1. The lowest BCUT2D eigenvalue weighted by atomic mass is 9.97. The van der Waals surface area contributed by atoms with Gasteiger partial charge in [0.15, 0.2) is 0 Å². The fourth-order valence-corrected chi connectivity index (χ4v) is 4.41. The molecule has 0 bridgehead atoms. The monoisotopic (exact) mass is 408 g/mol. The van der Waals surface area contributed by atoms with Crippen molar-refractivity contribution in [3.8, 4) is 0 Å². The summed E-state index contributed by atoms with van der Waals surface area (Å²) >= 11 is 1.27. The van der Waals surface area contributed by atoms with E-state index in [0.29, 0.717) is 22.0 Å².